The third-order valence-corrected chi connectivity index (χ3v) is 1.79. The van der Waals surface area contributed by atoms with Crippen LogP contribution in [0.3, 0.4) is 0 Å². The van der Waals surface area contributed by atoms with E-state index < -0.39 is 5.97 Å². The largest absolute Gasteiger partial charge is 0.478 e. The highest BCUT2D eigenvalue weighted by Gasteiger charge is 2.00. The van der Waals surface area contributed by atoms with Crippen LogP contribution in [0.1, 0.15) is 12.5 Å². The van der Waals surface area contributed by atoms with Crippen molar-refractivity contribution in [1.29, 1.82) is 0 Å². The Labute approximate surface area is 82.6 Å². The molecule has 3 heteroatoms. The predicted molar refractivity (Wildman–Crippen MR) is 53.2 cm³/mol. The highest BCUT2D eigenvalue weighted by Crippen LogP contribution is 2.16. The van der Waals surface area contributed by atoms with Gasteiger partial charge in [-0.25, -0.2) is 4.79 Å². The summed E-state index contributed by atoms with van der Waals surface area (Å²) >= 11 is 0. The minimum Gasteiger partial charge on any atom is -0.478 e. The Morgan fingerprint density at radius 3 is 2.64 bits per heavy atom. The predicted octanol–water partition coefficient (Wildman–Crippen LogP) is 2.36. The Kier molecular flexibility index (Phi) is 3.29. The van der Waals surface area contributed by atoms with Gasteiger partial charge in [0, 0.05) is 0 Å². The molecule has 0 bridgehead atoms. The Morgan fingerprint density at radius 1 is 1.43 bits per heavy atom. The minimum atomic E-state index is -0.974. The fourth-order valence-electron chi connectivity index (χ4n) is 0.891. The van der Waals surface area contributed by atoms with Crippen LogP contribution in [-0.2, 0) is 4.79 Å². The molecule has 0 fully saturated rings. The third kappa shape index (κ3) is 2.62. The van der Waals surface area contributed by atoms with Crippen molar-refractivity contribution in [2.24, 2.45) is 0 Å². The molecule has 14 heavy (non-hydrogen) atoms. The fourth-order valence-corrected chi connectivity index (χ4v) is 0.891. The quantitative estimate of drug-likeness (QED) is 0.590. The number of rotatable bonds is 3. The number of hydrogen-bond acceptors (Lipinski definition) is 2. The smallest absolute Gasteiger partial charge is 0.334 e. The van der Waals surface area contributed by atoms with Gasteiger partial charge >= 0.3 is 5.97 Å². The maximum absolute atomic E-state index is 10.5. The molecule has 0 aliphatic heterocycles. The van der Waals surface area contributed by atoms with Crippen LogP contribution in [0.25, 0.3) is 0 Å². The van der Waals surface area contributed by atoms with Gasteiger partial charge in [-0.1, -0.05) is 18.2 Å². The molecular formula is C11H12O3. The molecule has 0 aliphatic rings. The molecule has 3 nitrogen and oxygen atoms in total. The normalized spacial score (nSPS) is 11.1. The SMILES string of the molecule is C/C(=C\Oc1ccccc1C)C(=O)O. The van der Waals surface area contributed by atoms with Gasteiger partial charge in [-0.15, -0.1) is 0 Å². The van der Waals surface area contributed by atoms with Crippen molar-refractivity contribution in [2.45, 2.75) is 13.8 Å². The first-order valence-electron chi connectivity index (χ1n) is 4.23. The number of carbonyl (C=O) groups is 1. The van der Waals surface area contributed by atoms with Crippen LogP contribution in [-0.4, -0.2) is 11.1 Å². The van der Waals surface area contributed by atoms with Crippen molar-refractivity contribution in [3.8, 4) is 5.75 Å². The van der Waals surface area contributed by atoms with Crippen molar-refractivity contribution in [1.82, 2.24) is 0 Å². The van der Waals surface area contributed by atoms with Crippen molar-refractivity contribution in [2.75, 3.05) is 0 Å². The standard InChI is InChI=1S/C11H12O3/c1-8-5-3-4-6-10(8)14-7-9(2)11(12)13/h3-7H,1-2H3,(H,12,13)/b9-7+. The minimum absolute atomic E-state index is 0.174. The number of carboxylic acid groups (broad SMARTS) is 1. The lowest BCUT2D eigenvalue weighted by Gasteiger charge is -2.03. The van der Waals surface area contributed by atoms with Gasteiger partial charge in [0.25, 0.3) is 0 Å². The second-order valence-corrected chi connectivity index (χ2v) is 2.99. The lowest BCUT2D eigenvalue weighted by molar-refractivity contribution is -0.132. The molecular weight excluding hydrogens is 180 g/mol. The summed E-state index contributed by atoms with van der Waals surface area (Å²) in [4.78, 5) is 10.5. The zero-order valence-corrected chi connectivity index (χ0v) is 8.15. The fraction of sp³-hybridized carbons (Fsp3) is 0.182. The third-order valence-electron chi connectivity index (χ3n) is 1.79. The number of ether oxygens (including phenoxy) is 1. The van der Waals surface area contributed by atoms with Crippen LogP contribution in [0, 0.1) is 6.92 Å². The van der Waals surface area contributed by atoms with E-state index in [9.17, 15) is 4.79 Å². The van der Waals surface area contributed by atoms with Gasteiger partial charge in [0.2, 0.25) is 0 Å². The molecule has 0 heterocycles. The lowest BCUT2D eigenvalue weighted by Crippen LogP contribution is -1.98. The van der Waals surface area contributed by atoms with E-state index in [0.29, 0.717) is 5.75 Å². The summed E-state index contributed by atoms with van der Waals surface area (Å²) in [6.45, 7) is 3.39. The molecule has 1 aromatic rings. The first-order valence-corrected chi connectivity index (χ1v) is 4.23. The number of hydrogen-bond donors (Lipinski definition) is 1. The molecule has 0 amide bonds. The summed E-state index contributed by atoms with van der Waals surface area (Å²) in [6, 6.07) is 7.43. The molecule has 0 spiro atoms. The first-order chi connectivity index (χ1) is 6.61. The molecule has 1 aromatic carbocycles. The Morgan fingerprint density at radius 2 is 2.07 bits per heavy atom. The van der Waals surface area contributed by atoms with E-state index in [-0.39, 0.29) is 5.57 Å². The Hall–Kier alpha value is -1.77. The van der Waals surface area contributed by atoms with Crippen LogP contribution in [0.15, 0.2) is 36.1 Å². The number of benzene rings is 1. The second-order valence-electron chi connectivity index (χ2n) is 2.99. The van der Waals surface area contributed by atoms with Crippen LogP contribution in [0.5, 0.6) is 5.75 Å². The van der Waals surface area contributed by atoms with Gasteiger partial charge in [-0.2, -0.15) is 0 Å². The van der Waals surface area contributed by atoms with Crippen molar-refractivity contribution >= 4 is 5.97 Å². The van der Waals surface area contributed by atoms with Crippen LogP contribution in [0.4, 0.5) is 0 Å². The highest BCUT2D eigenvalue weighted by atomic mass is 16.5. The zero-order chi connectivity index (χ0) is 10.6. The summed E-state index contributed by atoms with van der Waals surface area (Å²) in [7, 11) is 0. The molecule has 1 N–H and O–H groups in total. The molecule has 0 aliphatic carbocycles. The summed E-state index contributed by atoms with van der Waals surface area (Å²) in [5.74, 6) is -0.299. The Balaban J connectivity index is 2.76. The van der Waals surface area contributed by atoms with Crippen molar-refractivity contribution < 1.29 is 14.6 Å². The van der Waals surface area contributed by atoms with E-state index in [2.05, 4.69) is 0 Å². The first kappa shape index (κ1) is 10.3. The van der Waals surface area contributed by atoms with Crippen LogP contribution in [0.2, 0.25) is 0 Å². The van der Waals surface area contributed by atoms with E-state index in [0.717, 1.165) is 5.56 Å². The van der Waals surface area contributed by atoms with Gasteiger partial charge in [0.1, 0.15) is 12.0 Å². The van der Waals surface area contributed by atoms with E-state index in [1.54, 1.807) is 6.07 Å². The van der Waals surface area contributed by atoms with Crippen molar-refractivity contribution in [3.63, 3.8) is 0 Å². The summed E-state index contributed by atoms with van der Waals surface area (Å²) < 4.78 is 5.22. The van der Waals surface area contributed by atoms with E-state index in [1.807, 2.05) is 25.1 Å². The maximum atomic E-state index is 10.5. The molecule has 0 atom stereocenters. The molecule has 0 saturated heterocycles. The lowest BCUT2D eigenvalue weighted by atomic mass is 10.2. The van der Waals surface area contributed by atoms with Crippen LogP contribution < -0.4 is 4.74 Å². The number of aliphatic carboxylic acids is 1. The monoisotopic (exact) mass is 192 g/mol. The second kappa shape index (κ2) is 4.46. The summed E-state index contributed by atoms with van der Waals surface area (Å²) in [6.07, 6.45) is 1.24. The maximum Gasteiger partial charge on any atom is 0.334 e. The van der Waals surface area contributed by atoms with E-state index in [1.165, 1.54) is 13.2 Å². The van der Waals surface area contributed by atoms with Gasteiger partial charge in [0.05, 0.1) is 5.57 Å². The topological polar surface area (TPSA) is 46.5 Å². The average molecular weight is 192 g/mol. The molecule has 0 radical (unpaired) electrons. The highest BCUT2D eigenvalue weighted by molar-refractivity contribution is 5.85. The van der Waals surface area contributed by atoms with Crippen LogP contribution >= 0.6 is 0 Å². The van der Waals surface area contributed by atoms with Gasteiger partial charge in [-0.3, -0.25) is 0 Å². The molecule has 74 valence electrons. The van der Waals surface area contributed by atoms with Crippen molar-refractivity contribution in [3.05, 3.63) is 41.7 Å². The zero-order valence-electron chi connectivity index (χ0n) is 8.15. The molecule has 0 unspecified atom stereocenters. The average Bonchev–Trinajstić information content (AvgIpc) is 2.16. The summed E-state index contributed by atoms with van der Waals surface area (Å²) in [5, 5.41) is 8.58. The van der Waals surface area contributed by atoms with Gasteiger partial charge < -0.3 is 9.84 Å². The number of para-hydroxylation sites is 1. The number of aryl methyl sites for hydroxylation is 1. The van der Waals surface area contributed by atoms with E-state index >= 15 is 0 Å². The number of carboxylic acids is 1. The molecule has 0 saturated carbocycles. The summed E-state index contributed by atoms with van der Waals surface area (Å²) in [5.41, 5.74) is 1.15. The molecule has 1 rings (SSSR count). The van der Waals surface area contributed by atoms with Gasteiger partial charge in [-0.05, 0) is 25.5 Å². The van der Waals surface area contributed by atoms with E-state index in [4.69, 9.17) is 9.84 Å². The Bertz CT molecular complexity index is 367. The molecule has 0 aromatic heterocycles. The van der Waals surface area contributed by atoms with Gasteiger partial charge in [0.15, 0.2) is 0 Å².